The number of pyridine rings is 1. The van der Waals surface area contributed by atoms with Crippen LogP contribution in [-0.2, 0) is 4.74 Å². The number of aromatic nitrogens is 1. The molecular weight excluding hydrogens is 256 g/mol. The summed E-state index contributed by atoms with van der Waals surface area (Å²) in [6, 6.07) is 1.87. The Labute approximate surface area is 120 Å². The van der Waals surface area contributed by atoms with Gasteiger partial charge in [-0.3, -0.25) is 0 Å². The predicted molar refractivity (Wildman–Crippen MR) is 80.7 cm³/mol. The lowest BCUT2D eigenvalue weighted by molar-refractivity contribution is 0.0528. The van der Waals surface area contributed by atoms with Gasteiger partial charge in [-0.25, -0.2) is 9.78 Å². The van der Waals surface area contributed by atoms with Gasteiger partial charge in [0.05, 0.1) is 11.9 Å². The Morgan fingerprint density at radius 1 is 1.40 bits per heavy atom. The van der Waals surface area contributed by atoms with Gasteiger partial charge in [-0.2, -0.15) is 0 Å². The van der Waals surface area contributed by atoms with Crippen LogP contribution < -0.4 is 16.4 Å². The van der Waals surface area contributed by atoms with Crippen molar-refractivity contribution in [3.05, 3.63) is 17.8 Å². The number of aryl methyl sites for hydroxylation is 1. The molecule has 6 heteroatoms. The fourth-order valence-electron chi connectivity index (χ4n) is 1.58. The van der Waals surface area contributed by atoms with Crippen LogP contribution in [-0.4, -0.2) is 29.8 Å². The van der Waals surface area contributed by atoms with E-state index >= 15 is 0 Å². The summed E-state index contributed by atoms with van der Waals surface area (Å²) in [7, 11) is 0. The van der Waals surface area contributed by atoms with Gasteiger partial charge in [0, 0.05) is 13.1 Å². The fourth-order valence-corrected chi connectivity index (χ4v) is 1.58. The van der Waals surface area contributed by atoms with E-state index in [4.69, 9.17) is 10.5 Å². The summed E-state index contributed by atoms with van der Waals surface area (Å²) < 4.78 is 5.14. The minimum absolute atomic E-state index is 0.390. The number of alkyl carbamates (subject to hydrolysis) is 1. The first kappa shape index (κ1) is 16.1. The molecule has 4 N–H and O–H groups in total. The fraction of sp³-hybridized carbons (Fsp3) is 0.571. The summed E-state index contributed by atoms with van der Waals surface area (Å²) in [6.07, 6.45) is 2.01. The summed E-state index contributed by atoms with van der Waals surface area (Å²) in [6.45, 7) is 8.73. The molecule has 0 radical (unpaired) electrons. The third-order valence-corrected chi connectivity index (χ3v) is 2.41. The second-order valence-electron chi connectivity index (χ2n) is 5.64. The Balaban J connectivity index is 2.21. The van der Waals surface area contributed by atoms with Crippen LogP contribution in [0.5, 0.6) is 0 Å². The van der Waals surface area contributed by atoms with Gasteiger partial charge in [-0.15, -0.1) is 0 Å². The van der Waals surface area contributed by atoms with Crippen molar-refractivity contribution in [2.45, 2.75) is 39.7 Å². The van der Waals surface area contributed by atoms with Gasteiger partial charge in [-0.1, -0.05) is 0 Å². The minimum atomic E-state index is -0.465. The van der Waals surface area contributed by atoms with Crippen molar-refractivity contribution in [1.29, 1.82) is 0 Å². The van der Waals surface area contributed by atoms with Crippen molar-refractivity contribution in [1.82, 2.24) is 10.3 Å². The zero-order valence-corrected chi connectivity index (χ0v) is 12.6. The molecule has 0 saturated carbocycles. The molecule has 0 aliphatic carbocycles. The van der Waals surface area contributed by atoms with Gasteiger partial charge in [0.1, 0.15) is 11.4 Å². The number of nitrogens with one attached hydrogen (secondary N) is 2. The first-order valence-electron chi connectivity index (χ1n) is 6.71. The highest BCUT2D eigenvalue weighted by molar-refractivity contribution is 5.67. The Kier molecular flexibility index (Phi) is 5.61. The highest BCUT2D eigenvalue weighted by Gasteiger charge is 2.15. The lowest BCUT2D eigenvalue weighted by Crippen LogP contribution is -2.33. The normalized spacial score (nSPS) is 11.0. The molecule has 1 heterocycles. The third kappa shape index (κ3) is 6.26. The van der Waals surface area contributed by atoms with E-state index in [0.29, 0.717) is 18.8 Å². The maximum atomic E-state index is 11.4. The van der Waals surface area contributed by atoms with Crippen LogP contribution in [0.2, 0.25) is 0 Å². The number of carbonyl (C=O) groups excluding carboxylic acids is 1. The summed E-state index contributed by atoms with van der Waals surface area (Å²) in [5, 5.41) is 5.91. The Hall–Kier alpha value is -1.98. The Bertz CT molecular complexity index is 455. The molecule has 0 spiro atoms. The summed E-state index contributed by atoms with van der Waals surface area (Å²) in [4.78, 5) is 15.6. The van der Waals surface area contributed by atoms with Crippen LogP contribution in [0.4, 0.5) is 16.3 Å². The Morgan fingerprint density at radius 3 is 2.70 bits per heavy atom. The molecule has 0 unspecified atom stereocenters. The molecule has 0 aromatic carbocycles. The van der Waals surface area contributed by atoms with Gasteiger partial charge in [-0.05, 0) is 45.7 Å². The molecule has 0 aliphatic rings. The number of nitrogen functional groups attached to an aromatic ring is 1. The van der Waals surface area contributed by atoms with Gasteiger partial charge < -0.3 is 21.1 Å². The number of nitrogens with zero attached hydrogens (tertiary/aromatic N) is 1. The van der Waals surface area contributed by atoms with E-state index in [1.807, 2.05) is 33.8 Å². The van der Waals surface area contributed by atoms with E-state index in [1.54, 1.807) is 6.20 Å². The SMILES string of the molecule is Cc1cc(N)cnc1NCCCNC(=O)OC(C)(C)C. The highest BCUT2D eigenvalue weighted by atomic mass is 16.6. The molecule has 0 bridgehead atoms. The largest absolute Gasteiger partial charge is 0.444 e. The summed E-state index contributed by atoms with van der Waals surface area (Å²) >= 11 is 0. The van der Waals surface area contributed by atoms with Gasteiger partial charge in [0.25, 0.3) is 0 Å². The van der Waals surface area contributed by atoms with Crippen LogP contribution in [0, 0.1) is 6.92 Å². The van der Waals surface area contributed by atoms with Crippen molar-refractivity contribution in [3.8, 4) is 0 Å². The number of carbonyl (C=O) groups is 1. The number of ether oxygens (including phenoxy) is 1. The standard InChI is InChI=1S/C14H24N4O2/c1-10-8-11(15)9-18-12(10)16-6-5-7-17-13(19)20-14(2,3)4/h8-9H,5-7,15H2,1-4H3,(H,16,18)(H,17,19). The molecule has 20 heavy (non-hydrogen) atoms. The third-order valence-electron chi connectivity index (χ3n) is 2.41. The van der Waals surface area contributed by atoms with Crippen molar-refractivity contribution in [3.63, 3.8) is 0 Å². The van der Waals surface area contributed by atoms with E-state index in [1.165, 1.54) is 0 Å². The molecule has 0 saturated heterocycles. The van der Waals surface area contributed by atoms with Crippen LogP contribution in [0.1, 0.15) is 32.8 Å². The van der Waals surface area contributed by atoms with Gasteiger partial charge in [0.2, 0.25) is 0 Å². The second kappa shape index (κ2) is 6.98. The van der Waals surface area contributed by atoms with Gasteiger partial charge >= 0.3 is 6.09 Å². The Morgan fingerprint density at radius 2 is 2.10 bits per heavy atom. The summed E-state index contributed by atoms with van der Waals surface area (Å²) in [5.41, 5.74) is 6.83. The van der Waals surface area contributed by atoms with E-state index in [2.05, 4.69) is 15.6 Å². The van der Waals surface area contributed by atoms with Crippen LogP contribution in [0.15, 0.2) is 12.3 Å². The average molecular weight is 280 g/mol. The van der Waals surface area contributed by atoms with Crippen molar-refractivity contribution < 1.29 is 9.53 Å². The zero-order valence-electron chi connectivity index (χ0n) is 12.6. The molecule has 112 valence electrons. The smallest absolute Gasteiger partial charge is 0.407 e. The monoisotopic (exact) mass is 280 g/mol. The molecule has 0 fully saturated rings. The number of nitrogens with two attached hydrogens (primary N) is 1. The number of hydrogen-bond donors (Lipinski definition) is 3. The average Bonchev–Trinajstić information content (AvgIpc) is 2.28. The van der Waals surface area contributed by atoms with E-state index in [9.17, 15) is 4.79 Å². The predicted octanol–water partition coefficient (Wildman–Crippen LogP) is 2.30. The second-order valence-corrected chi connectivity index (χ2v) is 5.64. The minimum Gasteiger partial charge on any atom is -0.444 e. The van der Waals surface area contributed by atoms with E-state index in [0.717, 1.165) is 17.8 Å². The lowest BCUT2D eigenvalue weighted by Gasteiger charge is -2.19. The van der Waals surface area contributed by atoms with Crippen LogP contribution in [0.25, 0.3) is 0 Å². The maximum absolute atomic E-state index is 11.4. The molecule has 1 rings (SSSR count). The highest BCUT2D eigenvalue weighted by Crippen LogP contribution is 2.13. The number of hydrogen-bond acceptors (Lipinski definition) is 5. The molecule has 6 nitrogen and oxygen atoms in total. The molecule has 0 aliphatic heterocycles. The van der Waals surface area contributed by atoms with E-state index in [-0.39, 0.29) is 6.09 Å². The molecular formula is C14H24N4O2. The topological polar surface area (TPSA) is 89.3 Å². The van der Waals surface area contributed by atoms with Crippen molar-refractivity contribution in [2.75, 3.05) is 24.1 Å². The van der Waals surface area contributed by atoms with E-state index < -0.39 is 5.60 Å². The maximum Gasteiger partial charge on any atom is 0.407 e. The van der Waals surface area contributed by atoms with Crippen LogP contribution in [0.3, 0.4) is 0 Å². The van der Waals surface area contributed by atoms with Gasteiger partial charge in [0.15, 0.2) is 0 Å². The number of anilines is 2. The number of amides is 1. The zero-order chi connectivity index (χ0) is 15.2. The molecule has 1 aromatic heterocycles. The molecule has 1 amide bonds. The quantitative estimate of drug-likeness (QED) is 0.720. The van der Waals surface area contributed by atoms with Crippen molar-refractivity contribution in [2.24, 2.45) is 0 Å². The van der Waals surface area contributed by atoms with Crippen molar-refractivity contribution >= 4 is 17.6 Å². The lowest BCUT2D eigenvalue weighted by atomic mass is 10.2. The first-order valence-corrected chi connectivity index (χ1v) is 6.71. The molecule has 1 aromatic rings. The van der Waals surface area contributed by atoms with Crippen LogP contribution >= 0.6 is 0 Å². The summed E-state index contributed by atoms with van der Waals surface area (Å²) in [5.74, 6) is 0.816. The number of rotatable bonds is 5. The molecule has 0 atom stereocenters. The first-order chi connectivity index (χ1) is 9.28.